The van der Waals surface area contributed by atoms with Gasteiger partial charge in [-0.2, -0.15) is 0 Å². The lowest BCUT2D eigenvalue weighted by molar-refractivity contribution is -0.856. The van der Waals surface area contributed by atoms with Gasteiger partial charge < -0.3 is 9.32 Å². The van der Waals surface area contributed by atoms with Crippen LogP contribution in [0.25, 0.3) is 21.2 Å². The van der Waals surface area contributed by atoms with Crippen molar-refractivity contribution in [2.45, 2.75) is 13.8 Å². The number of amides is 1. The SMILES string of the molecule is Cc1ccc2sc(N(CC[NH+](C)C)C(=O)c3cc4ccccc4oc3=O)nc2c1C. The van der Waals surface area contributed by atoms with E-state index in [2.05, 4.69) is 6.07 Å². The predicted molar refractivity (Wildman–Crippen MR) is 121 cm³/mol. The molecule has 2 aromatic carbocycles. The molecular weight excluding hydrogens is 398 g/mol. The molecule has 154 valence electrons. The fourth-order valence-electron chi connectivity index (χ4n) is 3.31. The van der Waals surface area contributed by atoms with Gasteiger partial charge in [-0.3, -0.25) is 9.69 Å². The quantitative estimate of drug-likeness (QED) is 0.502. The van der Waals surface area contributed by atoms with Crippen molar-refractivity contribution in [3.05, 3.63) is 69.6 Å². The molecule has 2 aromatic heterocycles. The number of likely N-dealkylation sites (N-methyl/N-ethyl adjacent to an activating group) is 1. The van der Waals surface area contributed by atoms with Gasteiger partial charge in [-0.1, -0.05) is 35.6 Å². The molecule has 4 rings (SSSR count). The molecule has 0 aliphatic heterocycles. The third-order valence-corrected chi connectivity index (χ3v) is 6.30. The molecule has 4 aromatic rings. The first-order chi connectivity index (χ1) is 14.3. The number of rotatable bonds is 5. The summed E-state index contributed by atoms with van der Waals surface area (Å²) in [6, 6.07) is 12.9. The van der Waals surface area contributed by atoms with E-state index < -0.39 is 5.63 Å². The number of nitrogens with zero attached hydrogens (tertiary/aromatic N) is 2. The summed E-state index contributed by atoms with van der Waals surface area (Å²) in [6.45, 7) is 5.26. The van der Waals surface area contributed by atoms with Crippen LogP contribution in [0.3, 0.4) is 0 Å². The molecule has 0 spiro atoms. The number of quaternary nitrogens is 1. The van der Waals surface area contributed by atoms with Crippen molar-refractivity contribution < 1.29 is 14.1 Å². The molecule has 0 saturated heterocycles. The number of thiazole rings is 1. The van der Waals surface area contributed by atoms with Crippen molar-refractivity contribution in [1.82, 2.24) is 4.98 Å². The van der Waals surface area contributed by atoms with Gasteiger partial charge in [0.05, 0.1) is 37.4 Å². The third kappa shape index (κ3) is 3.74. The van der Waals surface area contributed by atoms with E-state index in [1.807, 2.05) is 46.1 Å². The van der Waals surface area contributed by atoms with Gasteiger partial charge in [-0.25, -0.2) is 9.78 Å². The van der Waals surface area contributed by atoms with Crippen LogP contribution in [0.1, 0.15) is 21.5 Å². The summed E-state index contributed by atoms with van der Waals surface area (Å²) in [5.74, 6) is -0.385. The Morgan fingerprint density at radius 3 is 2.70 bits per heavy atom. The van der Waals surface area contributed by atoms with Gasteiger partial charge in [0.2, 0.25) is 0 Å². The number of benzene rings is 2. The number of anilines is 1. The third-order valence-electron chi connectivity index (χ3n) is 5.26. The molecule has 1 amide bonds. The molecule has 0 atom stereocenters. The molecule has 0 saturated carbocycles. The molecule has 1 N–H and O–H groups in total. The van der Waals surface area contributed by atoms with E-state index in [-0.39, 0.29) is 11.5 Å². The first-order valence-electron chi connectivity index (χ1n) is 9.85. The monoisotopic (exact) mass is 422 g/mol. The van der Waals surface area contributed by atoms with Crippen LogP contribution in [0, 0.1) is 13.8 Å². The van der Waals surface area contributed by atoms with Gasteiger partial charge in [0.15, 0.2) is 5.13 Å². The summed E-state index contributed by atoms with van der Waals surface area (Å²) < 4.78 is 6.42. The highest BCUT2D eigenvalue weighted by Crippen LogP contribution is 2.32. The van der Waals surface area contributed by atoms with Crippen LogP contribution in [0.15, 0.2) is 51.7 Å². The van der Waals surface area contributed by atoms with Crippen molar-refractivity contribution >= 4 is 43.6 Å². The van der Waals surface area contributed by atoms with Gasteiger partial charge in [0, 0.05) is 5.39 Å². The summed E-state index contributed by atoms with van der Waals surface area (Å²) in [4.78, 5) is 33.6. The van der Waals surface area contributed by atoms with E-state index in [4.69, 9.17) is 9.40 Å². The topological polar surface area (TPSA) is 67.8 Å². The maximum Gasteiger partial charge on any atom is 0.349 e. The fraction of sp³-hybridized carbons (Fsp3) is 0.261. The number of hydrogen-bond acceptors (Lipinski definition) is 5. The Labute approximate surface area is 178 Å². The molecule has 0 aliphatic rings. The summed E-state index contributed by atoms with van der Waals surface area (Å²) in [6.07, 6.45) is 0. The highest BCUT2D eigenvalue weighted by molar-refractivity contribution is 7.22. The molecule has 0 unspecified atom stereocenters. The number of aryl methyl sites for hydroxylation is 2. The van der Waals surface area contributed by atoms with Crippen LogP contribution in [-0.2, 0) is 0 Å². The Bertz CT molecular complexity index is 1310. The van der Waals surface area contributed by atoms with Gasteiger partial charge in [0.25, 0.3) is 5.91 Å². The van der Waals surface area contributed by atoms with E-state index in [0.717, 1.165) is 33.3 Å². The smallest absolute Gasteiger partial charge is 0.349 e. The molecule has 0 aliphatic carbocycles. The Morgan fingerprint density at radius 1 is 1.17 bits per heavy atom. The van der Waals surface area contributed by atoms with E-state index >= 15 is 0 Å². The first kappa shape index (κ1) is 20.3. The maximum atomic E-state index is 13.5. The molecule has 6 nitrogen and oxygen atoms in total. The summed E-state index contributed by atoms with van der Waals surface area (Å²) >= 11 is 1.46. The van der Waals surface area contributed by atoms with Crippen LogP contribution in [-0.4, -0.2) is 38.1 Å². The highest BCUT2D eigenvalue weighted by Gasteiger charge is 2.26. The molecule has 0 bridgehead atoms. The second kappa shape index (κ2) is 8.01. The number of para-hydroxylation sites is 1. The van der Waals surface area contributed by atoms with Crippen LogP contribution in [0.5, 0.6) is 0 Å². The highest BCUT2D eigenvalue weighted by atomic mass is 32.1. The van der Waals surface area contributed by atoms with Gasteiger partial charge in [-0.15, -0.1) is 0 Å². The standard InChI is InChI=1S/C23H23N3O3S/c1-14-9-10-19-20(15(14)2)24-23(30-19)26(12-11-25(3)4)21(27)17-13-16-7-5-6-8-18(16)29-22(17)28/h5-10,13H,11-12H2,1-4H3/p+1. The lowest BCUT2D eigenvalue weighted by atomic mass is 10.1. The molecule has 30 heavy (non-hydrogen) atoms. The largest absolute Gasteiger partial charge is 0.422 e. The number of carbonyl (C=O) groups excluding carboxylic acids is 1. The fourth-order valence-corrected chi connectivity index (χ4v) is 4.36. The summed E-state index contributed by atoms with van der Waals surface area (Å²) in [5, 5.41) is 1.31. The summed E-state index contributed by atoms with van der Waals surface area (Å²) in [5.41, 5.74) is 3.02. The second-order valence-electron chi connectivity index (χ2n) is 7.75. The van der Waals surface area contributed by atoms with Gasteiger partial charge >= 0.3 is 5.63 Å². The zero-order chi connectivity index (χ0) is 21.4. The normalized spacial score (nSPS) is 11.5. The van der Waals surface area contributed by atoms with Crippen LogP contribution >= 0.6 is 11.3 Å². The van der Waals surface area contributed by atoms with Crippen molar-refractivity contribution in [3.63, 3.8) is 0 Å². The second-order valence-corrected chi connectivity index (χ2v) is 8.76. The lowest BCUT2D eigenvalue weighted by Crippen LogP contribution is -3.06. The lowest BCUT2D eigenvalue weighted by Gasteiger charge is -2.20. The molecule has 2 heterocycles. The van der Waals surface area contributed by atoms with Gasteiger partial charge in [0.1, 0.15) is 11.1 Å². The zero-order valence-electron chi connectivity index (χ0n) is 17.5. The van der Waals surface area contributed by atoms with Crippen LogP contribution < -0.4 is 15.4 Å². The number of carbonyl (C=O) groups is 1. The first-order valence-corrected chi connectivity index (χ1v) is 10.7. The Balaban J connectivity index is 1.81. The van der Waals surface area contributed by atoms with E-state index in [0.29, 0.717) is 17.3 Å². The number of aromatic nitrogens is 1. The summed E-state index contributed by atoms with van der Waals surface area (Å²) in [7, 11) is 4.05. The Kier molecular flexibility index (Phi) is 5.40. The minimum Gasteiger partial charge on any atom is -0.422 e. The predicted octanol–water partition coefficient (Wildman–Crippen LogP) is 2.81. The Hall–Kier alpha value is -3.03. The Morgan fingerprint density at radius 2 is 1.93 bits per heavy atom. The van der Waals surface area contributed by atoms with Crippen LogP contribution in [0.4, 0.5) is 5.13 Å². The molecule has 7 heteroatoms. The molecular formula is C23H24N3O3S+. The minimum absolute atomic E-state index is 0.0228. The van der Waals surface area contributed by atoms with Gasteiger partial charge in [-0.05, 0) is 43.2 Å². The van der Waals surface area contributed by atoms with Crippen molar-refractivity contribution in [3.8, 4) is 0 Å². The van der Waals surface area contributed by atoms with E-state index in [1.54, 1.807) is 23.1 Å². The maximum absolute atomic E-state index is 13.5. The number of hydrogen-bond donors (Lipinski definition) is 1. The molecule has 0 fully saturated rings. The van der Waals surface area contributed by atoms with Crippen molar-refractivity contribution in [2.75, 3.05) is 32.1 Å². The van der Waals surface area contributed by atoms with Crippen LogP contribution in [0.2, 0.25) is 0 Å². The van der Waals surface area contributed by atoms with E-state index in [1.165, 1.54) is 16.2 Å². The number of nitrogens with one attached hydrogen (secondary N) is 1. The minimum atomic E-state index is -0.631. The zero-order valence-corrected chi connectivity index (χ0v) is 18.3. The van der Waals surface area contributed by atoms with E-state index in [9.17, 15) is 9.59 Å². The molecule has 0 radical (unpaired) electrons. The average molecular weight is 423 g/mol. The number of fused-ring (bicyclic) bond motifs is 2. The van der Waals surface area contributed by atoms with Crippen molar-refractivity contribution in [2.24, 2.45) is 0 Å². The average Bonchev–Trinajstić information content (AvgIpc) is 3.14. The van der Waals surface area contributed by atoms with Crippen molar-refractivity contribution in [1.29, 1.82) is 0 Å².